The van der Waals surface area contributed by atoms with Crippen LogP contribution in [0.4, 0.5) is 10.1 Å². The highest BCUT2D eigenvalue weighted by atomic mass is 19.1. The Kier molecular flexibility index (Phi) is 5.26. The van der Waals surface area contributed by atoms with Crippen molar-refractivity contribution in [1.29, 1.82) is 0 Å². The van der Waals surface area contributed by atoms with Crippen molar-refractivity contribution in [3.05, 3.63) is 29.6 Å². The molecule has 0 unspecified atom stereocenters. The lowest BCUT2D eigenvalue weighted by molar-refractivity contribution is 0.301. The van der Waals surface area contributed by atoms with Crippen LogP contribution in [0.5, 0.6) is 0 Å². The van der Waals surface area contributed by atoms with Crippen LogP contribution in [0.15, 0.2) is 18.2 Å². The maximum atomic E-state index is 13.6. The Labute approximate surface area is 128 Å². The molecule has 1 aromatic rings. The van der Waals surface area contributed by atoms with Crippen molar-refractivity contribution in [2.45, 2.75) is 59.5 Å². The number of rotatable bonds is 6. The van der Waals surface area contributed by atoms with Crippen LogP contribution in [-0.4, -0.2) is 19.1 Å². The first-order valence-corrected chi connectivity index (χ1v) is 8.26. The fraction of sp³-hybridized carbons (Fsp3) is 0.667. The van der Waals surface area contributed by atoms with Gasteiger partial charge in [-0.15, -0.1) is 0 Å². The van der Waals surface area contributed by atoms with E-state index in [1.165, 1.54) is 24.9 Å². The SMILES string of the molecule is CCC1(CC)CCN(c2ccc(F)cc2CNC(C)C)C1. The van der Waals surface area contributed by atoms with Gasteiger partial charge >= 0.3 is 0 Å². The molecule has 0 atom stereocenters. The van der Waals surface area contributed by atoms with Gasteiger partial charge in [0.2, 0.25) is 0 Å². The molecule has 0 spiro atoms. The summed E-state index contributed by atoms with van der Waals surface area (Å²) in [5, 5.41) is 3.41. The third kappa shape index (κ3) is 3.76. The van der Waals surface area contributed by atoms with E-state index in [1.807, 2.05) is 6.07 Å². The zero-order chi connectivity index (χ0) is 15.5. The molecule has 0 bridgehead atoms. The lowest BCUT2D eigenvalue weighted by Gasteiger charge is -2.28. The van der Waals surface area contributed by atoms with Crippen LogP contribution in [-0.2, 0) is 6.54 Å². The number of hydrogen-bond acceptors (Lipinski definition) is 2. The summed E-state index contributed by atoms with van der Waals surface area (Å²) in [5.74, 6) is -0.143. The first kappa shape index (κ1) is 16.3. The Morgan fingerprint density at radius 2 is 2.00 bits per heavy atom. The third-order valence-electron chi connectivity index (χ3n) is 5.02. The molecule has 1 heterocycles. The highest BCUT2D eigenvalue weighted by Gasteiger charge is 2.35. The molecule has 0 aromatic heterocycles. The van der Waals surface area contributed by atoms with Gasteiger partial charge in [0, 0.05) is 31.4 Å². The molecule has 0 radical (unpaired) electrons. The fourth-order valence-corrected chi connectivity index (χ4v) is 3.29. The van der Waals surface area contributed by atoms with Gasteiger partial charge in [-0.2, -0.15) is 0 Å². The van der Waals surface area contributed by atoms with E-state index in [0.29, 0.717) is 11.5 Å². The number of nitrogens with zero attached hydrogens (tertiary/aromatic N) is 1. The van der Waals surface area contributed by atoms with Crippen LogP contribution in [0.3, 0.4) is 0 Å². The summed E-state index contributed by atoms with van der Waals surface area (Å²) in [4.78, 5) is 2.45. The molecule has 1 N–H and O–H groups in total. The first-order chi connectivity index (χ1) is 9.99. The molecule has 1 fully saturated rings. The Morgan fingerprint density at radius 3 is 2.57 bits per heavy atom. The van der Waals surface area contributed by atoms with Crippen molar-refractivity contribution in [2.75, 3.05) is 18.0 Å². The van der Waals surface area contributed by atoms with E-state index in [-0.39, 0.29) is 5.82 Å². The molecule has 21 heavy (non-hydrogen) atoms. The monoisotopic (exact) mass is 292 g/mol. The van der Waals surface area contributed by atoms with Gasteiger partial charge in [0.05, 0.1) is 0 Å². The summed E-state index contributed by atoms with van der Waals surface area (Å²) in [7, 11) is 0. The summed E-state index contributed by atoms with van der Waals surface area (Å²) in [5.41, 5.74) is 2.72. The summed E-state index contributed by atoms with van der Waals surface area (Å²) >= 11 is 0. The predicted molar refractivity (Wildman–Crippen MR) is 88.2 cm³/mol. The third-order valence-corrected chi connectivity index (χ3v) is 5.02. The number of hydrogen-bond donors (Lipinski definition) is 1. The van der Waals surface area contributed by atoms with Gasteiger partial charge < -0.3 is 10.2 Å². The maximum Gasteiger partial charge on any atom is 0.123 e. The molecular formula is C18H29FN2. The number of nitrogens with one attached hydrogen (secondary N) is 1. The van der Waals surface area contributed by atoms with Gasteiger partial charge in [-0.3, -0.25) is 0 Å². The van der Waals surface area contributed by atoms with E-state index in [2.05, 4.69) is 37.9 Å². The molecule has 2 rings (SSSR count). The van der Waals surface area contributed by atoms with Crippen LogP contribution in [0.1, 0.15) is 52.5 Å². The normalized spacial score (nSPS) is 17.7. The second-order valence-electron chi connectivity index (χ2n) is 6.69. The van der Waals surface area contributed by atoms with Gasteiger partial charge in [-0.25, -0.2) is 4.39 Å². The van der Waals surface area contributed by atoms with Crippen molar-refractivity contribution in [1.82, 2.24) is 5.32 Å². The van der Waals surface area contributed by atoms with E-state index in [9.17, 15) is 4.39 Å². The van der Waals surface area contributed by atoms with Gasteiger partial charge in [-0.05, 0) is 48.4 Å². The quantitative estimate of drug-likeness (QED) is 0.839. The van der Waals surface area contributed by atoms with Gasteiger partial charge in [0.15, 0.2) is 0 Å². The Balaban J connectivity index is 2.19. The minimum atomic E-state index is -0.143. The second-order valence-corrected chi connectivity index (χ2v) is 6.69. The van der Waals surface area contributed by atoms with Gasteiger partial charge in [0.1, 0.15) is 5.82 Å². The summed E-state index contributed by atoms with van der Waals surface area (Å²) < 4.78 is 13.6. The fourth-order valence-electron chi connectivity index (χ4n) is 3.29. The highest BCUT2D eigenvalue weighted by Crippen LogP contribution is 2.39. The summed E-state index contributed by atoms with van der Waals surface area (Å²) in [6.45, 7) is 11.7. The molecule has 118 valence electrons. The van der Waals surface area contributed by atoms with E-state index in [0.717, 1.165) is 25.2 Å². The molecular weight excluding hydrogens is 263 g/mol. The van der Waals surface area contributed by atoms with Crippen LogP contribution in [0.25, 0.3) is 0 Å². The second kappa shape index (κ2) is 6.78. The smallest absolute Gasteiger partial charge is 0.123 e. The highest BCUT2D eigenvalue weighted by molar-refractivity contribution is 5.55. The average Bonchev–Trinajstić information content (AvgIpc) is 2.90. The summed E-state index contributed by atoms with van der Waals surface area (Å²) in [6.07, 6.45) is 3.69. The van der Waals surface area contributed by atoms with E-state index >= 15 is 0 Å². The van der Waals surface area contributed by atoms with Crippen LogP contribution in [0.2, 0.25) is 0 Å². The standard InChI is InChI=1S/C18H29FN2/c1-5-18(6-2)9-10-21(13-18)17-8-7-16(19)11-15(17)12-20-14(3)4/h7-8,11,14,20H,5-6,9-10,12-13H2,1-4H3. The molecule has 2 nitrogen and oxygen atoms in total. The molecule has 3 heteroatoms. The van der Waals surface area contributed by atoms with E-state index in [1.54, 1.807) is 12.1 Å². The van der Waals surface area contributed by atoms with Crippen LogP contribution in [0, 0.1) is 11.2 Å². The van der Waals surface area contributed by atoms with Crippen molar-refractivity contribution < 1.29 is 4.39 Å². The van der Waals surface area contributed by atoms with Crippen LogP contribution >= 0.6 is 0 Å². The molecule has 1 saturated heterocycles. The first-order valence-electron chi connectivity index (χ1n) is 8.26. The van der Waals surface area contributed by atoms with Gasteiger partial charge in [0.25, 0.3) is 0 Å². The Bertz CT molecular complexity index is 466. The van der Waals surface area contributed by atoms with Crippen molar-refractivity contribution in [2.24, 2.45) is 5.41 Å². The maximum absolute atomic E-state index is 13.6. The largest absolute Gasteiger partial charge is 0.371 e. The lowest BCUT2D eigenvalue weighted by Crippen LogP contribution is -2.28. The molecule has 0 amide bonds. The molecule has 0 saturated carbocycles. The molecule has 0 aliphatic carbocycles. The Morgan fingerprint density at radius 1 is 1.29 bits per heavy atom. The number of anilines is 1. The van der Waals surface area contributed by atoms with Gasteiger partial charge in [-0.1, -0.05) is 27.7 Å². The van der Waals surface area contributed by atoms with Crippen LogP contribution < -0.4 is 10.2 Å². The summed E-state index contributed by atoms with van der Waals surface area (Å²) in [6, 6.07) is 5.63. The van der Waals surface area contributed by atoms with Crippen molar-refractivity contribution in [3.63, 3.8) is 0 Å². The predicted octanol–water partition coefficient (Wildman–Crippen LogP) is 4.34. The average molecular weight is 292 g/mol. The Hall–Kier alpha value is -1.09. The molecule has 1 aliphatic rings. The van der Waals surface area contributed by atoms with E-state index < -0.39 is 0 Å². The van der Waals surface area contributed by atoms with Crippen molar-refractivity contribution >= 4 is 5.69 Å². The number of halogens is 1. The topological polar surface area (TPSA) is 15.3 Å². The van der Waals surface area contributed by atoms with Crippen molar-refractivity contribution in [3.8, 4) is 0 Å². The number of benzene rings is 1. The zero-order valence-corrected chi connectivity index (χ0v) is 13.9. The minimum absolute atomic E-state index is 0.143. The lowest BCUT2D eigenvalue weighted by atomic mass is 9.82. The minimum Gasteiger partial charge on any atom is -0.371 e. The molecule has 1 aromatic carbocycles. The zero-order valence-electron chi connectivity index (χ0n) is 13.9. The van der Waals surface area contributed by atoms with E-state index in [4.69, 9.17) is 0 Å². The molecule has 1 aliphatic heterocycles.